The molecule has 1 fully saturated rings. The van der Waals surface area contributed by atoms with Crippen LogP contribution in [-0.4, -0.2) is 27.9 Å². The smallest absolute Gasteiger partial charge is 0.318 e. The molecule has 1 aliphatic rings. The molecule has 120 valence electrons. The molecule has 1 aliphatic carbocycles. The summed E-state index contributed by atoms with van der Waals surface area (Å²) in [5.74, 6) is 0. The first-order valence-electron chi connectivity index (χ1n) is 7.59. The van der Waals surface area contributed by atoms with Gasteiger partial charge in [-0.3, -0.25) is 0 Å². The SMILES string of the molecule is C[C@H](c1ccncn1)N(C)C(=O)NC1(c2ccc(Cl)cc2)CC1. The van der Waals surface area contributed by atoms with Crippen LogP contribution in [0.5, 0.6) is 0 Å². The molecule has 3 rings (SSSR count). The van der Waals surface area contributed by atoms with Crippen LogP contribution >= 0.6 is 11.6 Å². The Morgan fingerprint density at radius 3 is 2.57 bits per heavy atom. The van der Waals surface area contributed by atoms with E-state index in [0.29, 0.717) is 5.02 Å². The highest BCUT2D eigenvalue weighted by Gasteiger charge is 2.46. The average molecular weight is 331 g/mol. The summed E-state index contributed by atoms with van der Waals surface area (Å²) in [5, 5.41) is 3.85. The standard InChI is InChI=1S/C17H19ClN4O/c1-12(15-7-10-19-11-20-15)22(2)16(23)21-17(8-9-17)13-3-5-14(18)6-4-13/h3-7,10-12H,8-9H2,1-2H3,(H,21,23)/t12-/m1/s1. The van der Waals surface area contributed by atoms with Gasteiger partial charge in [0.2, 0.25) is 0 Å². The number of carbonyl (C=O) groups excluding carboxylic acids is 1. The second-order valence-corrected chi connectivity index (χ2v) is 6.38. The van der Waals surface area contributed by atoms with E-state index in [-0.39, 0.29) is 17.6 Å². The number of hydrogen-bond acceptors (Lipinski definition) is 3. The molecule has 2 aromatic rings. The largest absolute Gasteiger partial charge is 0.328 e. The quantitative estimate of drug-likeness (QED) is 0.933. The van der Waals surface area contributed by atoms with E-state index in [1.807, 2.05) is 37.3 Å². The molecule has 0 radical (unpaired) electrons. The molecule has 0 aliphatic heterocycles. The third-order valence-electron chi connectivity index (χ3n) is 4.43. The summed E-state index contributed by atoms with van der Waals surface area (Å²) in [6.07, 6.45) is 5.06. The van der Waals surface area contributed by atoms with Gasteiger partial charge in [0.25, 0.3) is 0 Å². The van der Waals surface area contributed by atoms with Crippen LogP contribution in [0, 0.1) is 0 Å². The normalized spacial score (nSPS) is 16.5. The second kappa shape index (κ2) is 6.16. The average Bonchev–Trinajstić information content (AvgIpc) is 3.35. The molecule has 0 saturated heterocycles. The van der Waals surface area contributed by atoms with Crippen LogP contribution in [0.3, 0.4) is 0 Å². The van der Waals surface area contributed by atoms with Gasteiger partial charge in [-0.2, -0.15) is 0 Å². The molecule has 1 N–H and O–H groups in total. The van der Waals surface area contributed by atoms with Crippen molar-refractivity contribution in [2.24, 2.45) is 0 Å². The van der Waals surface area contributed by atoms with Gasteiger partial charge in [-0.05, 0) is 43.5 Å². The minimum atomic E-state index is -0.263. The van der Waals surface area contributed by atoms with Gasteiger partial charge >= 0.3 is 6.03 Å². The van der Waals surface area contributed by atoms with E-state index in [4.69, 9.17) is 11.6 Å². The third kappa shape index (κ3) is 3.29. The molecule has 5 nitrogen and oxygen atoms in total. The molecular weight excluding hydrogens is 312 g/mol. The Labute approximate surface area is 140 Å². The zero-order chi connectivity index (χ0) is 16.4. The van der Waals surface area contributed by atoms with Crippen LogP contribution in [0.25, 0.3) is 0 Å². The maximum absolute atomic E-state index is 12.6. The molecule has 1 heterocycles. The Morgan fingerprint density at radius 2 is 2.00 bits per heavy atom. The maximum atomic E-state index is 12.6. The number of nitrogens with zero attached hydrogens (tertiary/aromatic N) is 3. The fourth-order valence-corrected chi connectivity index (χ4v) is 2.72. The van der Waals surface area contributed by atoms with Crippen molar-refractivity contribution in [2.75, 3.05) is 7.05 Å². The van der Waals surface area contributed by atoms with Crippen molar-refractivity contribution in [3.63, 3.8) is 0 Å². The summed E-state index contributed by atoms with van der Waals surface area (Å²) in [6, 6.07) is 9.25. The number of carbonyl (C=O) groups is 1. The van der Waals surface area contributed by atoms with E-state index in [2.05, 4.69) is 15.3 Å². The third-order valence-corrected chi connectivity index (χ3v) is 4.68. The van der Waals surface area contributed by atoms with E-state index >= 15 is 0 Å². The lowest BCUT2D eigenvalue weighted by Gasteiger charge is -2.28. The van der Waals surface area contributed by atoms with Crippen LogP contribution in [0.4, 0.5) is 4.79 Å². The summed E-state index contributed by atoms with van der Waals surface area (Å²) in [7, 11) is 1.78. The van der Waals surface area contributed by atoms with Crippen molar-refractivity contribution in [2.45, 2.75) is 31.3 Å². The first-order valence-corrected chi connectivity index (χ1v) is 7.96. The van der Waals surface area contributed by atoms with Gasteiger partial charge in [0.05, 0.1) is 17.3 Å². The number of nitrogens with one attached hydrogen (secondary N) is 1. The fourth-order valence-electron chi connectivity index (χ4n) is 2.59. The molecule has 0 unspecified atom stereocenters. The molecule has 23 heavy (non-hydrogen) atoms. The minimum Gasteiger partial charge on any atom is -0.328 e. The number of hydrogen-bond donors (Lipinski definition) is 1. The van der Waals surface area contributed by atoms with Crippen molar-refractivity contribution in [3.8, 4) is 0 Å². The van der Waals surface area contributed by atoms with Crippen LogP contribution in [-0.2, 0) is 5.54 Å². The van der Waals surface area contributed by atoms with Gasteiger partial charge in [-0.25, -0.2) is 14.8 Å². The summed E-state index contributed by atoms with van der Waals surface area (Å²) in [6.45, 7) is 1.95. The van der Waals surface area contributed by atoms with Crippen molar-refractivity contribution in [1.29, 1.82) is 0 Å². The number of aromatic nitrogens is 2. The van der Waals surface area contributed by atoms with Crippen LogP contribution in [0.15, 0.2) is 42.9 Å². The molecule has 1 aromatic heterocycles. The summed E-state index contributed by atoms with van der Waals surface area (Å²) >= 11 is 5.94. The highest BCUT2D eigenvalue weighted by atomic mass is 35.5. The van der Waals surface area contributed by atoms with Crippen LogP contribution < -0.4 is 5.32 Å². The Balaban J connectivity index is 1.70. The molecule has 1 aromatic carbocycles. The van der Waals surface area contributed by atoms with Crippen LogP contribution in [0.2, 0.25) is 5.02 Å². The topological polar surface area (TPSA) is 58.1 Å². The van der Waals surface area contributed by atoms with E-state index < -0.39 is 0 Å². The lowest BCUT2D eigenvalue weighted by atomic mass is 10.1. The summed E-state index contributed by atoms with van der Waals surface area (Å²) < 4.78 is 0. The molecule has 0 spiro atoms. The van der Waals surface area contributed by atoms with E-state index in [1.165, 1.54) is 6.33 Å². The molecule has 2 amide bonds. The van der Waals surface area contributed by atoms with Gasteiger partial charge in [0.15, 0.2) is 0 Å². The van der Waals surface area contributed by atoms with Crippen molar-refractivity contribution in [1.82, 2.24) is 20.2 Å². The van der Waals surface area contributed by atoms with E-state index in [9.17, 15) is 4.79 Å². The Kier molecular flexibility index (Phi) is 4.22. The van der Waals surface area contributed by atoms with E-state index in [0.717, 1.165) is 24.1 Å². The zero-order valence-corrected chi connectivity index (χ0v) is 13.9. The van der Waals surface area contributed by atoms with Gasteiger partial charge in [0, 0.05) is 18.3 Å². The van der Waals surface area contributed by atoms with Gasteiger partial charge < -0.3 is 10.2 Å². The molecule has 1 atom stereocenters. The number of amides is 2. The van der Waals surface area contributed by atoms with Gasteiger partial charge in [-0.1, -0.05) is 23.7 Å². The zero-order valence-electron chi connectivity index (χ0n) is 13.2. The van der Waals surface area contributed by atoms with Crippen LogP contribution in [0.1, 0.15) is 37.1 Å². The van der Waals surface area contributed by atoms with Crippen molar-refractivity contribution >= 4 is 17.6 Å². The summed E-state index contributed by atoms with van der Waals surface area (Å²) in [5.41, 5.74) is 1.65. The Bertz CT molecular complexity index is 685. The van der Waals surface area contributed by atoms with E-state index in [1.54, 1.807) is 18.1 Å². The highest BCUT2D eigenvalue weighted by Crippen LogP contribution is 2.45. The number of rotatable bonds is 4. The monoisotopic (exact) mass is 330 g/mol. The fraction of sp³-hybridized carbons (Fsp3) is 0.353. The Morgan fingerprint density at radius 1 is 1.30 bits per heavy atom. The molecule has 6 heteroatoms. The second-order valence-electron chi connectivity index (χ2n) is 5.94. The molecule has 0 bridgehead atoms. The Hall–Kier alpha value is -2.14. The van der Waals surface area contributed by atoms with Gasteiger partial charge in [-0.15, -0.1) is 0 Å². The predicted octanol–water partition coefficient (Wildman–Crippen LogP) is 3.52. The van der Waals surface area contributed by atoms with Crippen molar-refractivity contribution < 1.29 is 4.79 Å². The molecule has 1 saturated carbocycles. The first kappa shape index (κ1) is 15.7. The van der Waals surface area contributed by atoms with Crippen molar-refractivity contribution in [3.05, 3.63) is 59.1 Å². The maximum Gasteiger partial charge on any atom is 0.318 e. The number of halogens is 1. The first-order chi connectivity index (χ1) is 11.0. The highest BCUT2D eigenvalue weighted by molar-refractivity contribution is 6.30. The predicted molar refractivity (Wildman–Crippen MR) is 89.1 cm³/mol. The number of benzene rings is 1. The minimum absolute atomic E-state index is 0.108. The summed E-state index contributed by atoms with van der Waals surface area (Å²) in [4.78, 5) is 22.4. The lowest BCUT2D eigenvalue weighted by Crippen LogP contribution is -2.44. The molecular formula is C17H19ClN4O. The van der Waals surface area contributed by atoms with Gasteiger partial charge in [0.1, 0.15) is 6.33 Å². The lowest BCUT2D eigenvalue weighted by molar-refractivity contribution is 0.188. The number of urea groups is 1.